The number of amides is 2. The van der Waals surface area contributed by atoms with E-state index in [1.54, 1.807) is 54.6 Å². The van der Waals surface area contributed by atoms with Crippen molar-refractivity contribution in [3.63, 3.8) is 0 Å². The summed E-state index contributed by atoms with van der Waals surface area (Å²) in [5.74, 6) is -0.375. The molecule has 0 saturated carbocycles. The maximum atomic E-state index is 14.3. The Balaban J connectivity index is 1.78. The molecule has 0 heterocycles. The number of likely N-dealkylation sites (N-methyl/N-ethyl adjacent to an activating group) is 1. The third-order valence-corrected chi connectivity index (χ3v) is 9.07. The number of benzene rings is 4. The molecular formula is C33H34ClN3O6S. The molecule has 0 spiro atoms. The summed E-state index contributed by atoms with van der Waals surface area (Å²) in [6.07, 6.45) is 0.216. The second-order valence-corrected chi connectivity index (χ2v) is 12.1. The van der Waals surface area contributed by atoms with Gasteiger partial charge in [0.1, 0.15) is 12.6 Å². The molecule has 11 heteroatoms. The molecule has 4 aromatic carbocycles. The predicted molar refractivity (Wildman–Crippen MR) is 171 cm³/mol. The highest BCUT2D eigenvalue weighted by atomic mass is 35.5. The van der Waals surface area contributed by atoms with E-state index in [4.69, 9.17) is 21.1 Å². The van der Waals surface area contributed by atoms with Crippen molar-refractivity contribution >= 4 is 39.1 Å². The van der Waals surface area contributed by atoms with Crippen molar-refractivity contribution in [3.8, 4) is 11.5 Å². The van der Waals surface area contributed by atoms with E-state index in [2.05, 4.69) is 5.32 Å². The molecule has 0 unspecified atom stereocenters. The number of ether oxygens (including phenoxy) is 2. The highest BCUT2D eigenvalue weighted by Crippen LogP contribution is 2.32. The predicted octanol–water partition coefficient (Wildman–Crippen LogP) is 4.94. The Morgan fingerprint density at radius 1 is 0.818 bits per heavy atom. The molecule has 2 amide bonds. The number of carbonyl (C=O) groups excluding carboxylic acids is 2. The van der Waals surface area contributed by atoms with Gasteiger partial charge < -0.3 is 19.7 Å². The smallest absolute Gasteiger partial charge is 0.264 e. The van der Waals surface area contributed by atoms with Gasteiger partial charge >= 0.3 is 0 Å². The van der Waals surface area contributed by atoms with Crippen LogP contribution in [0.15, 0.2) is 108 Å². The van der Waals surface area contributed by atoms with Gasteiger partial charge in [-0.25, -0.2) is 8.42 Å². The molecule has 0 saturated heterocycles. The lowest BCUT2D eigenvalue weighted by atomic mass is 10.0. The van der Waals surface area contributed by atoms with Crippen molar-refractivity contribution in [1.29, 1.82) is 0 Å². The van der Waals surface area contributed by atoms with Gasteiger partial charge in [-0.1, -0.05) is 72.3 Å². The molecule has 1 atom stereocenters. The Hall–Kier alpha value is -4.54. The van der Waals surface area contributed by atoms with Gasteiger partial charge in [0, 0.05) is 31.1 Å². The topological polar surface area (TPSA) is 105 Å². The largest absolute Gasteiger partial charge is 0.493 e. The van der Waals surface area contributed by atoms with Gasteiger partial charge in [-0.3, -0.25) is 13.9 Å². The van der Waals surface area contributed by atoms with Crippen LogP contribution in [0.2, 0.25) is 5.02 Å². The first-order chi connectivity index (χ1) is 21.2. The van der Waals surface area contributed by atoms with E-state index in [0.717, 1.165) is 15.4 Å². The van der Waals surface area contributed by atoms with E-state index in [0.29, 0.717) is 10.8 Å². The number of anilines is 1. The molecule has 0 bridgehead atoms. The van der Waals surface area contributed by atoms with Gasteiger partial charge in [-0.15, -0.1) is 0 Å². The minimum absolute atomic E-state index is 0.0416. The quantitative estimate of drug-likeness (QED) is 0.223. The second kappa shape index (κ2) is 14.8. The summed E-state index contributed by atoms with van der Waals surface area (Å²) in [7, 11) is 0.0689. The first-order valence-corrected chi connectivity index (χ1v) is 15.6. The van der Waals surface area contributed by atoms with E-state index in [9.17, 15) is 18.0 Å². The zero-order valence-electron chi connectivity index (χ0n) is 24.6. The van der Waals surface area contributed by atoms with Gasteiger partial charge in [-0.05, 0) is 47.5 Å². The number of nitrogens with one attached hydrogen (secondary N) is 1. The van der Waals surface area contributed by atoms with Gasteiger partial charge in [0.05, 0.1) is 24.8 Å². The molecule has 0 aliphatic carbocycles. The van der Waals surface area contributed by atoms with Crippen LogP contribution in [0.25, 0.3) is 0 Å². The summed E-state index contributed by atoms with van der Waals surface area (Å²) in [6.45, 7) is -0.531. The summed E-state index contributed by atoms with van der Waals surface area (Å²) in [6, 6.07) is 27.9. The number of para-hydroxylation sites is 1. The normalized spacial score (nSPS) is 11.7. The Morgan fingerprint density at radius 3 is 2.02 bits per heavy atom. The van der Waals surface area contributed by atoms with Crippen molar-refractivity contribution < 1.29 is 27.5 Å². The van der Waals surface area contributed by atoms with Crippen LogP contribution < -0.4 is 19.1 Å². The Bertz CT molecular complexity index is 1670. The molecule has 0 radical (unpaired) electrons. The van der Waals surface area contributed by atoms with Crippen molar-refractivity contribution in [3.05, 3.63) is 119 Å². The highest BCUT2D eigenvalue weighted by Gasteiger charge is 2.34. The average molecular weight is 636 g/mol. The number of carbonyl (C=O) groups is 2. The number of hydrogen-bond acceptors (Lipinski definition) is 6. The third kappa shape index (κ3) is 7.69. The van der Waals surface area contributed by atoms with Crippen LogP contribution >= 0.6 is 11.6 Å². The van der Waals surface area contributed by atoms with Crippen molar-refractivity contribution in [2.45, 2.75) is 23.9 Å². The summed E-state index contributed by atoms with van der Waals surface area (Å²) in [4.78, 5) is 29.0. The fourth-order valence-electron chi connectivity index (χ4n) is 4.73. The Kier molecular flexibility index (Phi) is 10.9. The van der Waals surface area contributed by atoms with Crippen LogP contribution in [0.5, 0.6) is 11.5 Å². The van der Waals surface area contributed by atoms with Crippen LogP contribution in [0.3, 0.4) is 0 Å². The summed E-state index contributed by atoms with van der Waals surface area (Å²) in [5.41, 5.74) is 1.84. The van der Waals surface area contributed by atoms with E-state index in [-0.39, 0.29) is 35.2 Å². The summed E-state index contributed by atoms with van der Waals surface area (Å²) >= 11 is 6.10. The first kappa shape index (κ1) is 32.4. The van der Waals surface area contributed by atoms with E-state index in [1.165, 1.54) is 44.4 Å². The Morgan fingerprint density at radius 2 is 1.43 bits per heavy atom. The lowest BCUT2D eigenvalue weighted by Crippen LogP contribution is -2.53. The molecule has 4 aromatic rings. The molecule has 44 heavy (non-hydrogen) atoms. The molecule has 0 aliphatic heterocycles. The zero-order valence-corrected chi connectivity index (χ0v) is 26.2. The lowest BCUT2D eigenvalue weighted by Gasteiger charge is -2.33. The summed E-state index contributed by atoms with van der Waals surface area (Å²) in [5, 5.41) is 3.19. The van der Waals surface area contributed by atoms with Gasteiger partial charge in [-0.2, -0.15) is 0 Å². The maximum Gasteiger partial charge on any atom is 0.264 e. The van der Waals surface area contributed by atoms with Crippen LogP contribution in [-0.2, 0) is 32.6 Å². The van der Waals surface area contributed by atoms with Crippen LogP contribution in [-0.4, -0.2) is 59.0 Å². The van der Waals surface area contributed by atoms with Gasteiger partial charge in [0.2, 0.25) is 11.8 Å². The maximum absolute atomic E-state index is 14.3. The lowest BCUT2D eigenvalue weighted by molar-refractivity contribution is -0.139. The van der Waals surface area contributed by atoms with Crippen LogP contribution in [0.1, 0.15) is 11.1 Å². The monoisotopic (exact) mass is 635 g/mol. The molecule has 1 N–H and O–H groups in total. The fourth-order valence-corrected chi connectivity index (χ4v) is 6.29. The van der Waals surface area contributed by atoms with Crippen LogP contribution in [0.4, 0.5) is 5.69 Å². The molecule has 9 nitrogen and oxygen atoms in total. The molecular weight excluding hydrogens is 602 g/mol. The fraction of sp³-hybridized carbons (Fsp3) is 0.212. The number of rotatable bonds is 13. The minimum atomic E-state index is -4.30. The minimum Gasteiger partial charge on any atom is -0.493 e. The van der Waals surface area contributed by atoms with E-state index >= 15 is 0 Å². The van der Waals surface area contributed by atoms with Crippen LogP contribution in [0, 0.1) is 0 Å². The van der Waals surface area contributed by atoms with Crippen molar-refractivity contribution in [1.82, 2.24) is 10.2 Å². The SMILES string of the molecule is CNC(=O)[C@@H](Cc1ccccc1)N(Cc1ccc(Cl)cc1)C(=O)CN(c1ccccc1)S(=O)(=O)c1ccc(OC)c(OC)c1. The second-order valence-electron chi connectivity index (χ2n) is 9.83. The van der Waals surface area contributed by atoms with E-state index in [1.807, 2.05) is 30.3 Å². The average Bonchev–Trinajstić information content (AvgIpc) is 3.06. The van der Waals surface area contributed by atoms with E-state index < -0.39 is 28.5 Å². The number of nitrogens with zero attached hydrogens (tertiary/aromatic N) is 2. The standard InChI is InChI=1S/C33H34ClN3O6S/c1-35-33(39)29(20-24-10-6-4-7-11-24)36(22-25-14-16-26(34)17-15-25)32(38)23-37(27-12-8-5-9-13-27)44(40,41)28-18-19-30(42-2)31(21-28)43-3/h4-19,21,29H,20,22-23H2,1-3H3,(H,35,39)/t29-/m1/s1. The molecule has 4 rings (SSSR count). The third-order valence-electron chi connectivity index (χ3n) is 7.05. The number of hydrogen-bond donors (Lipinski definition) is 1. The molecule has 230 valence electrons. The molecule has 0 fully saturated rings. The van der Waals surface area contributed by atoms with Crippen molar-refractivity contribution in [2.24, 2.45) is 0 Å². The van der Waals surface area contributed by atoms with Crippen molar-refractivity contribution in [2.75, 3.05) is 32.1 Å². The number of sulfonamides is 1. The molecule has 0 aliphatic rings. The van der Waals surface area contributed by atoms with Gasteiger partial charge in [0.15, 0.2) is 11.5 Å². The first-order valence-electron chi connectivity index (χ1n) is 13.8. The zero-order chi connectivity index (χ0) is 31.7. The highest BCUT2D eigenvalue weighted by molar-refractivity contribution is 7.92. The Labute approximate surface area is 263 Å². The van der Waals surface area contributed by atoms with Gasteiger partial charge in [0.25, 0.3) is 10.0 Å². The summed E-state index contributed by atoms with van der Waals surface area (Å²) < 4.78 is 40.0. The number of halogens is 1. The molecule has 0 aromatic heterocycles. The number of methoxy groups -OCH3 is 2.